The number of aromatic nitrogens is 1. The molecule has 2 aromatic carbocycles. The van der Waals surface area contributed by atoms with Crippen molar-refractivity contribution in [1.82, 2.24) is 4.98 Å². The molecule has 0 bridgehead atoms. The maximum Gasteiger partial charge on any atom is 0.219 e. The average molecular weight is 261 g/mol. The van der Waals surface area contributed by atoms with Crippen LogP contribution in [0, 0.1) is 6.92 Å². The van der Waals surface area contributed by atoms with Gasteiger partial charge in [-0.1, -0.05) is 54.6 Å². The number of aryl methyl sites for hydroxylation is 1. The highest BCUT2D eigenvalue weighted by Gasteiger charge is 2.03. The highest BCUT2D eigenvalue weighted by molar-refractivity contribution is 5.68. The third kappa shape index (κ3) is 2.69. The molecule has 98 valence electrons. The maximum absolute atomic E-state index is 5.73. The fourth-order valence-corrected chi connectivity index (χ4v) is 2.04. The SMILES string of the molecule is Cc1ccccc1/C=C/c1ncc(-c2ccccc2)o1. The van der Waals surface area contributed by atoms with Gasteiger partial charge in [-0.05, 0) is 24.1 Å². The van der Waals surface area contributed by atoms with Gasteiger partial charge in [-0.15, -0.1) is 0 Å². The smallest absolute Gasteiger partial charge is 0.219 e. The van der Waals surface area contributed by atoms with Gasteiger partial charge in [0.2, 0.25) is 5.89 Å². The predicted molar refractivity (Wildman–Crippen MR) is 82.0 cm³/mol. The van der Waals surface area contributed by atoms with Gasteiger partial charge in [-0.3, -0.25) is 0 Å². The van der Waals surface area contributed by atoms with Crippen LogP contribution in [0.1, 0.15) is 17.0 Å². The topological polar surface area (TPSA) is 26.0 Å². The third-order valence-electron chi connectivity index (χ3n) is 3.18. The van der Waals surface area contributed by atoms with Gasteiger partial charge in [0.1, 0.15) is 0 Å². The van der Waals surface area contributed by atoms with Crippen LogP contribution in [0.4, 0.5) is 0 Å². The first-order valence-electron chi connectivity index (χ1n) is 6.58. The van der Waals surface area contributed by atoms with E-state index in [0.29, 0.717) is 5.89 Å². The van der Waals surface area contributed by atoms with Gasteiger partial charge in [0.05, 0.1) is 6.20 Å². The molecule has 1 heterocycles. The predicted octanol–water partition coefficient (Wildman–Crippen LogP) is 4.82. The fourth-order valence-electron chi connectivity index (χ4n) is 2.04. The Morgan fingerprint density at radius 1 is 0.900 bits per heavy atom. The summed E-state index contributed by atoms with van der Waals surface area (Å²) in [6.07, 6.45) is 5.68. The molecule has 0 atom stereocenters. The molecule has 0 N–H and O–H groups in total. The number of oxazole rings is 1. The van der Waals surface area contributed by atoms with Crippen LogP contribution in [0.2, 0.25) is 0 Å². The minimum Gasteiger partial charge on any atom is -0.437 e. The van der Waals surface area contributed by atoms with Crippen molar-refractivity contribution in [2.24, 2.45) is 0 Å². The Morgan fingerprint density at radius 2 is 1.65 bits per heavy atom. The zero-order valence-electron chi connectivity index (χ0n) is 11.3. The number of benzene rings is 2. The molecule has 0 spiro atoms. The van der Waals surface area contributed by atoms with Crippen LogP contribution in [0.3, 0.4) is 0 Å². The molecule has 0 aliphatic heterocycles. The summed E-state index contributed by atoms with van der Waals surface area (Å²) in [6.45, 7) is 2.09. The van der Waals surface area contributed by atoms with E-state index in [4.69, 9.17) is 4.42 Å². The third-order valence-corrected chi connectivity index (χ3v) is 3.18. The molecule has 0 aliphatic carbocycles. The maximum atomic E-state index is 5.73. The summed E-state index contributed by atoms with van der Waals surface area (Å²) < 4.78 is 5.73. The van der Waals surface area contributed by atoms with Crippen LogP contribution >= 0.6 is 0 Å². The monoisotopic (exact) mass is 261 g/mol. The average Bonchev–Trinajstić information content (AvgIpc) is 2.96. The first-order chi connectivity index (χ1) is 9.83. The first-order valence-corrected chi connectivity index (χ1v) is 6.58. The highest BCUT2D eigenvalue weighted by atomic mass is 16.4. The number of rotatable bonds is 3. The summed E-state index contributed by atoms with van der Waals surface area (Å²) in [7, 11) is 0. The number of hydrogen-bond donors (Lipinski definition) is 0. The van der Waals surface area contributed by atoms with Crippen molar-refractivity contribution in [2.75, 3.05) is 0 Å². The molecule has 0 radical (unpaired) electrons. The fraction of sp³-hybridized carbons (Fsp3) is 0.0556. The summed E-state index contributed by atoms with van der Waals surface area (Å²) in [5, 5.41) is 0. The molecule has 0 fully saturated rings. The lowest BCUT2D eigenvalue weighted by atomic mass is 10.1. The van der Waals surface area contributed by atoms with E-state index in [-0.39, 0.29) is 0 Å². The molecule has 0 aliphatic rings. The largest absolute Gasteiger partial charge is 0.437 e. The molecule has 1 aromatic heterocycles. The van der Waals surface area contributed by atoms with Crippen molar-refractivity contribution in [3.8, 4) is 11.3 Å². The van der Waals surface area contributed by atoms with E-state index in [1.165, 1.54) is 11.1 Å². The van der Waals surface area contributed by atoms with Gasteiger partial charge < -0.3 is 4.42 Å². The molecule has 2 heteroatoms. The van der Waals surface area contributed by atoms with E-state index in [9.17, 15) is 0 Å². The van der Waals surface area contributed by atoms with E-state index in [1.54, 1.807) is 6.20 Å². The lowest BCUT2D eigenvalue weighted by Crippen LogP contribution is -1.78. The van der Waals surface area contributed by atoms with Gasteiger partial charge in [0, 0.05) is 11.6 Å². The van der Waals surface area contributed by atoms with Gasteiger partial charge >= 0.3 is 0 Å². The second-order valence-corrected chi connectivity index (χ2v) is 4.62. The summed E-state index contributed by atoms with van der Waals surface area (Å²) in [4.78, 5) is 4.28. The highest BCUT2D eigenvalue weighted by Crippen LogP contribution is 2.21. The van der Waals surface area contributed by atoms with Crippen LogP contribution in [-0.2, 0) is 0 Å². The minimum absolute atomic E-state index is 0.618. The van der Waals surface area contributed by atoms with Crippen LogP contribution in [0.15, 0.2) is 65.2 Å². The van der Waals surface area contributed by atoms with E-state index in [0.717, 1.165) is 11.3 Å². The Morgan fingerprint density at radius 3 is 2.45 bits per heavy atom. The normalized spacial score (nSPS) is 11.1. The Hall–Kier alpha value is -2.61. The summed E-state index contributed by atoms with van der Waals surface area (Å²) >= 11 is 0. The van der Waals surface area contributed by atoms with E-state index >= 15 is 0 Å². The van der Waals surface area contributed by atoms with Crippen molar-refractivity contribution in [1.29, 1.82) is 0 Å². The van der Waals surface area contributed by atoms with Crippen LogP contribution in [0.5, 0.6) is 0 Å². The first kappa shape index (κ1) is 12.4. The summed E-state index contributed by atoms with van der Waals surface area (Å²) in [5.74, 6) is 1.40. The van der Waals surface area contributed by atoms with Gasteiger partial charge in [-0.2, -0.15) is 0 Å². The Bertz CT molecular complexity index is 726. The molecule has 0 unspecified atom stereocenters. The van der Waals surface area contributed by atoms with E-state index < -0.39 is 0 Å². The lowest BCUT2D eigenvalue weighted by Gasteiger charge is -1.97. The van der Waals surface area contributed by atoms with Gasteiger partial charge in [0.15, 0.2) is 5.76 Å². The van der Waals surface area contributed by atoms with Crippen molar-refractivity contribution in [2.45, 2.75) is 6.92 Å². The van der Waals surface area contributed by atoms with E-state index in [1.807, 2.05) is 54.6 Å². The summed E-state index contributed by atoms with van der Waals surface area (Å²) in [5.41, 5.74) is 3.45. The molecule has 2 nitrogen and oxygen atoms in total. The summed E-state index contributed by atoms with van der Waals surface area (Å²) in [6, 6.07) is 18.2. The molecule has 0 saturated heterocycles. The van der Waals surface area contributed by atoms with Crippen LogP contribution in [-0.4, -0.2) is 4.98 Å². The number of nitrogens with zero attached hydrogens (tertiary/aromatic N) is 1. The standard InChI is InChI=1S/C18H15NO/c1-14-7-5-6-8-15(14)11-12-18-19-13-17(20-18)16-9-3-2-4-10-16/h2-13H,1H3/b12-11+. The second kappa shape index (κ2) is 5.57. The molecule has 0 saturated carbocycles. The number of hydrogen-bond acceptors (Lipinski definition) is 2. The molecule has 3 rings (SSSR count). The molecular weight excluding hydrogens is 246 g/mol. The quantitative estimate of drug-likeness (QED) is 0.675. The van der Waals surface area contributed by atoms with Crippen molar-refractivity contribution >= 4 is 12.2 Å². The van der Waals surface area contributed by atoms with Crippen LogP contribution < -0.4 is 0 Å². The molecule has 0 amide bonds. The molecular formula is C18H15NO. The Labute approximate surface area is 118 Å². The Kier molecular flexibility index (Phi) is 3.46. The van der Waals surface area contributed by atoms with Gasteiger partial charge in [0.25, 0.3) is 0 Å². The van der Waals surface area contributed by atoms with Gasteiger partial charge in [-0.25, -0.2) is 4.98 Å². The van der Waals surface area contributed by atoms with Crippen molar-refractivity contribution in [3.63, 3.8) is 0 Å². The lowest BCUT2D eigenvalue weighted by molar-refractivity contribution is 0.560. The zero-order valence-corrected chi connectivity index (χ0v) is 11.3. The molecule has 3 aromatic rings. The van der Waals surface area contributed by atoms with E-state index in [2.05, 4.69) is 24.0 Å². The van der Waals surface area contributed by atoms with Crippen molar-refractivity contribution in [3.05, 3.63) is 77.8 Å². The second-order valence-electron chi connectivity index (χ2n) is 4.62. The van der Waals surface area contributed by atoms with Crippen LogP contribution in [0.25, 0.3) is 23.5 Å². The van der Waals surface area contributed by atoms with Crippen molar-refractivity contribution < 1.29 is 4.42 Å². The molecule has 20 heavy (non-hydrogen) atoms. The zero-order chi connectivity index (χ0) is 13.8. The minimum atomic E-state index is 0.618. The Balaban J connectivity index is 1.83.